The zero-order valence-electron chi connectivity index (χ0n) is 9.26. The van der Waals surface area contributed by atoms with Gasteiger partial charge < -0.3 is 10.6 Å². The normalized spacial score (nSPS) is 28.6. The largest absolute Gasteiger partial charge is 0.348 e. The summed E-state index contributed by atoms with van der Waals surface area (Å²) >= 11 is 0. The molecular weight excluding hydrogens is 176 g/mol. The zero-order valence-corrected chi connectivity index (χ0v) is 9.26. The maximum atomic E-state index is 11.6. The molecule has 14 heavy (non-hydrogen) atoms. The Morgan fingerprint density at radius 1 is 1.57 bits per heavy atom. The number of amides is 1. The van der Waals surface area contributed by atoms with E-state index in [9.17, 15) is 4.79 Å². The van der Waals surface area contributed by atoms with Crippen LogP contribution < -0.4 is 10.6 Å². The van der Waals surface area contributed by atoms with Gasteiger partial charge in [-0.3, -0.25) is 4.79 Å². The van der Waals surface area contributed by atoms with Crippen molar-refractivity contribution >= 4 is 5.91 Å². The quantitative estimate of drug-likeness (QED) is 0.652. The number of piperidine rings is 1. The summed E-state index contributed by atoms with van der Waals surface area (Å²) in [5, 5.41) is 6.41. The summed E-state index contributed by atoms with van der Waals surface area (Å²) in [6, 6.07) is 0.670. The molecule has 1 saturated heterocycles. The number of hydrogen-bond acceptors (Lipinski definition) is 2. The maximum absolute atomic E-state index is 11.6. The van der Waals surface area contributed by atoms with Gasteiger partial charge in [0.05, 0.1) is 0 Å². The molecule has 0 saturated carbocycles. The molecule has 0 aliphatic carbocycles. The second-order valence-corrected chi connectivity index (χ2v) is 3.94. The van der Waals surface area contributed by atoms with Gasteiger partial charge in [0.1, 0.15) is 0 Å². The van der Waals surface area contributed by atoms with Crippen LogP contribution in [0.15, 0.2) is 11.6 Å². The summed E-state index contributed by atoms with van der Waals surface area (Å²) in [5.74, 6) is 0.0630. The highest BCUT2D eigenvalue weighted by Crippen LogP contribution is 2.08. The smallest absolute Gasteiger partial charge is 0.246 e. The zero-order chi connectivity index (χ0) is 10.6. The minimum Gasteiger partial charge on any atom is -0.348 e. The van der Waals surface area contributed by atoms with Crippen LogP contribution in [0.5, 0.6) is 0 Å². The second kappa shape index (κ2) is 5.15. The van der Waals surface area contributed by atoms with E-state index in [1.807, 2.05) is 19.9 Å². The average molecular weight is 196 g/mol. The molecular formula is C11H20N2O. The van der Waals surface area contributed by atoms with Crippen molar-refractivity contribution in [3.63, 3.8) is 0 Å². The van der Waals surface area contributed by atoms with E-state index in [2.05, 4.69) is 17.6 Å². The van der Waals surface area contributed by atoms with Crippen LogP contribution in [-0.2, 0) is 4.79 Å². The standard InChI is InChI=1S/C11H20N2O/c1-4-8(2)11(14)13-10-6-5-7-12-9(10)3/h4,9-10,12H,5-7H2,1-3H3,(H,13,14)/b8-4-. The van der Waals surface area contributed by atoms with Crippen LogP contribution in [0.1, 0.15) is 33.6 Å². The Balaban J connectivity index is 2.46. The van der Waals surface area contributed by atoms with Crippen LogP contribution >= 0.6 is 0 Å². The molecule has 3 nitrogen and oxygen atoms in total. The molecule has 80 valence electrons. The van der Waals surface area contributed by atoms with Gasteiger partial charge in [-0.05, 0) is 40.2 Å². The monoisotopic (exact) mass is 196 g/mol. The van der Waals surface area contributed by atoms with Crippen LogP contribution in [0.2, 0.25) is 0 Å². The van der Waals surface area contributed by atoms with E-state index in [4.69, 9.17) is 0 Å². The first-order valence-corrected chi connectivity index (χ1v) is 5.32. The molecule has 0 aromatic heterocycles. The van der Waals surface area contributed by atoms with E-state index in [-0.39, 0.29) is 11.9 Å². The third-order valence-electron chi connectivity index (χ3n) is 2.87. The predicted molar refractivity (Wildman–Crippen MR) is 58.1 cm³/mol. The third kappa shape index (κ3) is 2.84. The highest BCUT2D eigenvalue weighted by atomic mass is 16.1. The van der Waals surface area contributed by atoms with Crippen LogP contribution in [-0.4, -0.2) is 24.5 Å². The van der Waals surface area contributed by atoms with Crippen LogP contribution in [0.3, 0.4) is 0 Å². The van der Waals surface area contributed by atoms with Crippen LogP contribution in [0, 0.1) is 0 Å². The second-order valence-electron chi connectivity index (χ2n) is 3.94. The number of nitrogens with one attached hydrogen (secondary N) is 2. The Labute approximate surface area is 86.0 Å². The molecule has 1 rings (SSSR count). The average Bonchev–Trinajstić information content (AvgIpc) is 2.20. The molecule has 2 N–H and O–H groups in total. The molecule has 1 amide bonds. The van der Waals surface area contributed by atoms with Crippen molar-refractivity contribution in [1.82, 2.24) is 10.6 Å². The first kappa shape index (κ1) is 11.2. The fraction of sp³-hybridized carbons (Fsp3) is 0.727. The molecule has 2 atom stereocenters. The lowest BCUT2D eigenvalue weighted by atomic mass is 9.99. The minimum atomic E-state index is 0.0630. The molecule has 3 heteroatoms. The summed E-state index contributed by atoms with van der Waals surface area (Å²) in [5.41, 5.74) is 0.794. The van der Waals surface area contributed by atoms with Crippen molar-refractivity contribution in [2.24, 2.45) is 0 Å². The minimum absolute atomic E-state index is 0.0630. The van der Waals surface area contributed by atoms with E-state index < -0.39 is 0 Å². The first-order valence-electron chi connectivity index (χ1n) is 5.32. The van der Waals surface area contributed by atoms with Crippen molar-refractivity contribution in [3.8, 4) is 0 Å². The Kier molecular flexibility index (Phi) is 4.14. The van der Waals surface area contributed by atoms with E-state index in [1.54, 1.807) is 0 Å². The van der Waals surface area contributed by atoms with Crippen molar-refractivity contribution in [2.75, 3.05) is 6.54 Å². The van der Waals surface area contributed by atoms with Crippen molar-refractivity contribution in [1.29, 1.82) is 0 Å². The summed E-state index contributed by atoms with van der Waals surface area (Å²) in [6.07, 6.45) is 4.07. The number of hydrogen-bond donors (Lipinski definition) is 2. The van der Waals surface area contributed by atoms with Gasteiger partial charge >= 0.3 is 0 Å². The molecule has 0 aromatic rings. The highest BCUT2D eigenvalue weighted by Gasteiger charge is 2.22. The van der Waals surface area contributed by atoms with Gasteiger partial charge in [-0.1, -0.05) is 6.08 Å². The molecule has 1 fully saturated rings. The number of carbonyl (C=O) groups is 1. The molecule has 2 unspecified atom stereocenters. The maximum Gasteiger partial charge on any atom is 0.246 e. The van der Waals surface area contributed by atoms with E-state index in [1.165, 1.54) is 0 Å². The van der Waals surface area contributed by atoms with Gasteiger partial charge in [0.15, 0.2) is 0 Å². The van der Waals surface area contributed by atoms with Gasteiger partial charge in [0.2, 0.25) is 5.91 Å². The summed E-state index contributed by atoms with van der Waals surface area (Å²) in [7, 11) is 0. The van der Waals surface area contributed by atoms with Crippen molar-refractivity contribution < 1.29 is 4.79 Å². The number of allylic oxidation sites excluding steroid dienone is 1. The van der Waals surface area contributed by atoms with Gasteiger partial charge in [-0.25, -0.2) is 0 Å². The molecule has 1 aliphatic rings. The molecule has 1 heterocycles. The topological polar surface area (TPSA) is 41.1 Å². The summed E-state index contributed by atoms with van der Waals surface area (Å²) in [6.45, 7) is 6.92. The molecule has 0 spiro atoms. The number of carbonyl (C=O) groups excluding carboxylic acids is 1. The lowest BCUT2D eigenvalue weighted by Gasteiger charge is -2.30. The Hall–Kier alpha value is -0.830. The Morgan fingerprint density at radius 2 is 2.29 bits per heavy atom. The summed E-state index contributed by atoms with van der Waals surface area (Å²) in [4.78, 5) is 11.6. The van der Waals surface area contributed by atoms with Gasteiger partial charge in [-0.15, -0.1) is 0 Å². The van der Waals surface area contributed by atoms with Crippen LogP contribution in [0.4, 0.5) is 0 Å². The molecule has 0 aromatic carbocycles. The predicted octanol–water partition coefficient (Wildman–Crippen LogP) is 1.21. The van der Waals surface area contributed by atoms with E-state index >= 15 is 0 Å². The highest BCUT2D eigenvalue weighted by molar-refractivity contribution is 5.92. The van der Waals surface area contributed by atoms with Gasteiger partial charge in [0.25, 0.3) is 0 Å². The lowest BCUT2D eigenvalue weighted by molar-refractivity contribution is -0.118. The van der Waals surface area contributed by atoms with Gasteiger partial charge in [0, 0.05) is 17.7 Å². The van der Waals surface area contributed by atoms with Crippen molar-refractivity contribution in [3.05, 3.63) is 11.6 Å². The number of rotatable bonds is 2. The SMILES string of the molecule is C/C=C(/C)C(=O)NC1CCCNC1C. The Bertz CT molecular complexity index is 235. The fourth-order valence-corrected chi connectivity index (χ4v) is 1.65. The Morgan fingerprint density at radius 3 is 2.86 bits per heavy atom. The first-order chi connectivity index (χ1) is 6.65. The molecule has 0 bridgehead atoms. The molecule has 1 aliphatic heterocycles. The van der Waals surface area contributed by atoms with E-state index in [0.717, 1.165) is 25.0 Å². The van der Waals surface area contributed by atoms with Crippen LogP contribution in [0.25, 0.3) is 0 Å². The van der Waals surface area contributed by atoms with Crippen molar-refractivity contribution in [2.45, 2.75) is 45.7 Å². The third-order valence-corrected chi connectivity index (χ3v) is 2.87. The summed E-state index contributed by atoms with van der Waals surface area (Å²) < 4.78 is 0. The fourth-order valence-electron chi connectivity index (χ4n) is 1.65. The van der Waals surface area contributed by atoms with Gasteiger partial charge in [-0.2, -0.15) is 0 Å². The van der Waals surface area contributed by atoms with E-state index in [0.29, 0.717) is 6.04 Å². The molecule has 0 radical (unpaired) electrons. The lowest BCUT2D eigenvalue weighted by Crippen LogP contribution is -2.52.